The number of carbonyl (C=O) groups excluding carboxylic acids is 2. The van der Waals surface area contributed by atoms with E-state index in [2.05, 4.69) is 10.4 Å². The van der Waals surface area contributed by atoms with Crippen LogP contribution >= 0.6 is 0 Å². The number of esters is 1. The number of nitrogens with one attached hydrogen (secondary N) is 1. The Labute approximate surface area is 187 Å². The monoisotopic (exact) mass is 443 g/mol. The Morgan fingerprint density at radius 1 is 1.31 bits per heavy atom. The molecule has 0 bridgehead atoms. The van der Waals surface area contributed by atoms with Crippen molar-refractivity contribution in [3.8, 4) is 5.69 Å². The summed E-state index contributed by atoms with van der Waals surface area (Å²) in [6, 6.07) is 3.14. The van der Waals surface area contributed by atoms with Crippen LogP contribution in [0.4, 0.5) is 4.39 Å². The van der Waals surface area contributed by atoms with Gasteiger partial charge in [-0.15, -0.1) is 0 Å². The fourth-order valence-corrected chi connectivity index (χ4v) is 4.64. The van der Waals surface area contributed by atoms with Crippen molar-refractivity contribution >= 4 is 11.9 Å². The lowest BCUT2D eigenvalue weighted by Gasteiger charge is -2.36. The van der Waals surface area contributed by atoms with Gasteiger partial charge in [0.25, 0.3) is 5.91 Å². The summed E-state index contributed by atoms with van der Waals surface area (Å²) in [5.41, 5.74) is 2.38. The van der Waals surface area contributed by atoms with Crippen LogP contribution in [0.1, 0.15) is 70.8 Å². The summed E-state index contributed by atoms with van der Waals surface area (Å²) in [6.07, 6.45) is 3.40. The number of hydrogen-bond donors (Lipinski definition) is 1. The first kappa shape index (κ1) is 22.5. The van der Waals surface area contributed by atoms with E-state index in [0.29, 0.717) is 61.5 Å². The molecule has 1 aromatic carbocycles. The molecule has 0 aliphatic carbocycles. The molecule has 2 aliphatic rings. The van der Waals surface area contributed by atoms with Crippen molar-refractivity contribution in [3.05, 3.63) is 46.0 Å². The van der Waals surface area contributed by atoms with Crippen LogP contribution in [0.15, 0.2) is 12.1 Å². The molecule has 1 N–H and O–H groups in total. The summed E-state index contributed by atoms with van der Waals surface area (Å²) in [6.45, 7) is 7.63. The van der Waals surface area contributed by atoms with E-state index in [1.165, 1.54) is 6.07 Å². The molecule has 2 aliphatic heterocycles. The van der Waals surface area contributed by atoms with E-state index in [1.807, 2.05) is 13.8 Å². The van der Waals surface area contributed by atoms with Gasteiger partial charge in [-0.25, -0.2) is 13.9 Å². The maximum atomic E-state index is 15.7. The molecule has 1 fully saturated rings. The average molecular weight is 444 g/mol. The van der Waals surface area contributed by atoms with Gasteiger partial charge in [-0.3, -0.25) is 4.79 Å². The number of benzene rings is 1. The van der Waals surface area contributed by atoms with Crippen LogP contribution in [0, 0.1) is 18.2 Å². The quantitative estimate of drug-likeness (QED) is 0.715. The third kappa shape index (κ3) is 3.92. The zero-order valence-electron chi connectivity index (χ0n) is 18.9. The van der Waals surface area contributed by atoms with E-state index in [-0.39, 0.29) is 29.2 Å². The predicted octanol–water partition coefficient (Wildman–Crippen LogP) is 3.53. The van der Waals surface area contributed by atoms with E-state index in [1.54, 1.807) is 17.7 Å². The molecule has 1 aromatic heterocycles. The second kappa shape index (κ2) is 9.02. The number of rotatable bonds is 5. The van der Waals surface area contributed by atoms with Crippen LogP contribution in [-0.4, -0.2) is 48.0 Å². The number of halogens is 1. The van der Waals surface area contributed by atoms with Gasteiger partial charge in [-0.1, -0.05) is 19.9 Å². The Balaban J connectivity index is 1.87. The van der Waals surface area contributed by atoms with Gasteiger partial charge in [0, 0.05) is 19.8 Å². The molecule has 2 aromatic rings. The molecule has 0 saturated carbocycles. The minimum atomic E-state index is -0.696. The molecular formula is C24H30FN3O4. The highest BCUT2D eigenvalue weighted by molar-refractivity contribution is 5.97. The summed E-state index contributed by atoms with van der Waals surface area (Å²) in [5, 5.41) is 7.73. The van der Waals surface area contributed by atoms with Crippen molar-refractivity contribution < 1.29 is 23.5 Å². The first-order valence-corrected chi connectivity index (χ1v) is 11.3. The number of fused-ring (bicyclic) bond motifs is 1. The van der Waals surface area contributed by atoms with Crippen molar-refractivity contribution in [2.75, 3.05) is 26.4 Å². The summed E-state index contributed by atoms with van der Waals surface area (Å²) in [7, 11) is 0. The van der Waals surface area contributed by atoms with Crippen LogP contribution < -0.4 is 5.32 Å². The van der Waals surface area contributed by atoms with Gasteiger partial charge in [0.15, 0.2) is 5.82 Å². The molecule has 4 rings (SSSR count). The lowest BCUT2D eigenvalue weighted by atomic mass is 9.76. The summed E-state index contributed by atoms with van der Waals surface area (Å²) in [4.78, 5) is 25.5. The van der Waals surface area contributed by atoms with E-state index in [9.17, 15) is 9.59 Å². The van der Waals surface area contributed by atoms with Crippen molar-refractivity contribution in [1.29, 1.82) is 0 Å². The fraction of sp³-hybridized carbons (Fsp3) is 0.542. The topological polar surface area (TPSA) is 82.5 Å². The summed E-state index contributed by atoms with van der Waals surface area (Å²) >= 11 is 0. The number of aryl methyl sites for hydroxylation is 2. The van der Waals surface area contributed by atoms with Crippen LogP contribution in [0.2, 0.25) is 0 Å². The van der Waals surface area contributed by atoms with Gasteiger partial charge in [-0.2, -0.15) is 5.10 Å². The minimum absolute atomic E-state index is 0.125. The van der Waals surface area contributed by atoms with Crippen molar-refractivity contribution in [1.82, 2.24) is 15.1 Å². The Morgan fingerprint density at radius 3 is 2.75 bits per heavy atom. The number of nitrogens with zero attached hydrogens (tertiary/aromatic N) is 2. The Kier molecular flexibility index (Phi) is 6.33. The molecule has 7 nitrogen and oxygen atoms in total. The van der Waals surface area contributed by atoms with E-state index in [4.69, 9.17) is 9.47 Å². The maximum absolute atomic E-state index is 15.7. The maximum Gasteiger partial charge on any atom is 0.341 e. The predicted molar refractivity (Wildman–Crippen MR) is 117 cm³/mol. The first-order chi connectivity index (χ1) is 15.4. The van der Waals surface area contributed by atoms with Crippen LogP contribution in [0.3, 0.4) is 0 Å². The number of ether oxygens (including phenoxy) is 2. The third-order valence-corrected chi connectivity index (χ3v) is 6.52. The number of hydrogen-bond acceptors (Lipinski definition) is 5. The first-order valence-electron chi connectivity index (χ1n) is 11.3. The third-order valence-electron chi connectivity index (χ3n) is 6.52. The molecule has 0 radical (unpaired) electrons. The molecule has 1 saturated heterocycles. The molecule has 32 heavy (non-hydrogen) atoms. The summed E-state index contributed by atoms with van der Waals surface area (Å²) < 4.78 is 28.0. The largest absolute Gasteiger partial charge is 0.462 e. The Morgan fingerprint density at radius 2 is 2.06 bits per heavy atom. The zero-order chi connectivity index (χ0) is 22.9. The zero-order valence-corrected chi connectivity index (χ0v) is 18.9. The van der Waals surface area contributed by atoms with Gasteiger partial charge in [-0.05, 0) is 56.1 Å². The Bertz CT molecular complexity index is 1040. The van der Waals surface area contributed by atoms with E-state index < -0.39 is 11.8 Å². The van der Waals surface area contributed by atoms with Crippen LogP contribution in [-0.2, 0) is 22.3 Å². The molecule has 8 heteroatoms. The van der Waals surface area contributed by atoms with Crippen molar-refractivity contribution in [3.63, 3.8) is 0 Å². The number of aromatic nitrogens is 2. The van der Waals surface area contributed by atoms with Crippen LogP contribution in [0.25, 0.3) is 5.69 Å². The van der Waals surface area contributed by atoms with Gasteiger partial charge in [0.2, 0.25) is 0 Å². The van der Waals surface area contributed by atoms with Crippen molar-refractivity contribution in [2.24, 2.45) is 5.41 Å². The van der Waals surface area contributed by atoms with E-state index in [0.717, 1.165) is 12.8 Å². The Hall–Kier alpha value is -2.74. The molecule has 1 spiro atoms. The van der Waals surface area contributed by atoms with Gasteiger partial charge in [0.05, 0.1) is 29.1 Å². The van der Waals surface area contributed by atoms with E-state index >= 15 is 4.39 Å². The van der Waals surface area contributed by atoms with Gasteiger partial charge >= 0.3 is 5.97 Å². The smallest absolute Gasteiger partial charge is 0.341 e. The highest BCUT2D eigenvalue weighted by Crippen LogP contribution is 2.38. The second-order valence-electron chi connectivity index (χ2n) is 8.73. The number of carbonyl (C=O) groups is 2. The van der Waals surface area contributed by atoms with Gasteiger partial charge < -0.3 is 14.8 Å². The minimum Gasteiger partial charge on any atom is -0.462 e. The lowest BCUT2D eigenvalue weighted by Crippen LogP contribution is -2.40. The van der Waals surface area contributed by atoms with Gasteiger partial charge in [0.1, 0.15) is 5.69 Å². The molecule has 172 valence electrons. The lowest BCUT2D eigenvalue weighted by molar-refractivity contribution is 0.0154. The molecular weight excluding hydrogens is 413 g/mol. The van der Waals surface area contributed by atoms with Crippen LogP contribution in [0.5, 0.6) is 0 Å². The normalized spacial score (nSPS) is 17.6. The van der Waals surface area contributed by atoms with Crippen molar-refractivity contribution in [2.45, 2.75) is 52.9 Å². The number of amides is 1. The fourth-order valence-electron chi connectivity index (χ4n) is 4.64. The molecule has 3 heterocycles. The summed E-state index contributed by atoms with van der Waals surface area (Å²) in [5.74, 6) is -1.55. The molecule has 1 amide bonds. The highest BCUT2D eigenvalue weighted by atomic mass is 19.1. The molecule has 0 atom stereocenters. The highest BCUT2D eigenvalue weighted by Gasteiger charge is 2.40. The second-order valence-corrected chi connectivity index (χ2v) is 8.73. The standard InChI is InChI=1S/C24H30FN3O4/c1-4-10-32-23(30)16-7-6-15(3)21(20(16)25)28-18-13-24(8-11-31-12-9-24)14-26-22(29)19(18)17(5-2)27-28/h6-7H,4-5,8-14H2,1-3H3,(H,26,29). The SMILES string of the molecule is CCCOC(=O)c1ccc(C)c(-n2nc(CC)c3c2CC2(CCOCC2)CNC3=O)c1F. The average Bonchev–Trinajstić information content (AvgIpc) is 3.07. The molecule has 0 unspecified atom stereocenters.